The van der Waals surface area contributed by atoms with E-state index in [-0.39, 0.29) is 0 Å². The zero-order valence-electron chi connectivity index (χ0n) is 9.72. The predicted octanol–water partition coefficient (Wildman–Crippen LogP) is 2.57. The lowest BCUT2D eigenvalue weighted by atomic mass is 9.75. The maximum absolute atomic E-state index is 5.88. The Hall–Kier alpha value is -0.0800. The van der Waals surface area contributed by atoms with Crippen LogP contribution in [0.3, 0.4) is 0 Å². The fraction of sp³-hybridized carbons (Fsp3) is 1.00. The Kier molecular flexibility index (Phi) is 4.90. The Balaban J connectivity index is 2.37. The highest BCUT2D eigenvalue weighted by Gasteiger charge is 2.26. The van der Waals surface area contributed by atoms with Gasteiger partial charge in [-0.05, 0) is 43.6 Å². The first-order valence-corrected chi connectivity index (χ1v) is 5.98. The second kappa shape index (κ2) is 5.72. The largest absolute Gasteiger partial charge is 0.381 e. The number of rotatable bonds is 5. The fourth-order valence-electron chi connectivity index (χ4n) is 2.54. The van der Waals surface area contributed by atoms with Crippen molar-refractivity contribution in [2.24, 2.45) is 17.1 Å². The third-order valence-corrected chi connectivity index (χ3v) is 3.47. The van der Waals surface area contributed by atoms with Gasteiger partial charge in [0.25, 0.3) is 0 Å². The zero-order chi connectivity index (χ0) is 10.4. The highest BCUT2D eigenvalue weighted by molar-refractivity contribution is 4.79. The Bertz CT molecular complexity index is 154. The van der Waals surface area contributed by atoms with Crippen LogP contribution in [0.25, 0.3) is 0 Å². The van der Waals surface area contributed by atoms with Crippen LogP contribution in [0.2, 0.25) is 0 Å². The molecule has 1 rings (SSSR count). The van der Waals surface area contributed by atoms with Gasteiger partial charge >= 0.3 is 0 Å². The standard InChI is InChI=1S/C12H25NO/c1-3-6-12(2,10-13)9-11-4-7-14-8-5-11/h11H,3-10,13H2,1-2H3. The first kappa shape index (κ1) is 12.0. The van der Waals surface area contributed by atoms with Gasteiger partial charge in [-0.2, -0.15) is 0 Å². The number of ether oxygens (including phenoxy) is 1. The molecular weight excluding hydrogens is 174 g/mol. The van der Waals surface area contributed by atoms with Gasteiger partial charge in [-0.3, -0.25) is 0 Å². The SMILES string of the molecule is CCCC(C)(CN)CC1CCOCC1. The van der Waals surface area contributed by atoms with Gasteiger partial charge in [0.15, 0.2) is 0 Å². The summed E-state index contributed by atoms with van der Waals surface area (Å²) >= 11 is 0. The van der Waals surface area contributed by atoms with Crippen molar-refractivity contribution in [3.05, 3.63) is 0 Å². The van der Waals surface area contributed by atoms with E-state index < -0.39 is 0 Å². The van der Waals surface area contributed by atoms with Crippen molar-refractivity contribution >= 4 is 0 Å². The molecule has 1 unspecified atom stereocenters. The van der Waals surface area contributed by atoms with Crippen LogP contribution in [0.5, 0.6) is 0 Å². The number of hydrogen-bond donors (Lipinski definition) is 1. The third kappa shape index (κ3) is 3.58. The molecule has 1 saturated heterocycles. The molecule has 0 amide bonds. The summed E-state index contributed by atoms with van der Waals surface area (Å²) in [5, 5.41) is 0. The van der Waals surface area contributed by atoms with Crippen LogP contribution in [-0.2, 0) is 4.74 Å². The van der Waals surface area contributed by atoms with Gasteiger partial charge in [-0.15, -0.1) is 0 Å². The summed E-state index contributed by atoms with van der Waals surface area (Å²) in [5.41, 5.74) is 6.25. The van der Waals surface area contributed by atoms with Crippen molar-refractivity contribution in [3.63, 3.8) is 0 Å². The van der Waals surface area contributed by atoms with E-state index in [1.165, 1.54) is 32.1 Å². The average molecular weight is 199 g/mol. The van der Waals surface area contributed by atoms with Gasteiger partial charge in [-0.25, -0.2) is 0 Å². The Morgan fingerprint density at radius 1 is 1.36 bits per heavy atom. The molecule has 0 aliphatic carbocycles. The molecule has 84 valence electrons. The quantitative estimate of drug-likeness (QED) is 0.738. The van der Waals surface area contributed by atoms with Crippen molar-refractivity contribution in [2.45, 2.75) is 46.0 Å². The van der Waals surface area contributed by atoms with Crippen molar-refractivity contribution < 1.29 is 4.74 Å². The average Bonchev–Trinajstić information content (AvgIpc) is 2.20. The van der Waals surface area contributed by atoms with Crippen molar-refractivity contribution in [1.29, 1.82) is 0 Å². The second-order valence-electron chi connectivity index (χ2n) is 5.02. The van der Waals surface area contributed by atoms with E-state index in [0.717, 1.165) is 25.7 Å². The lowest BCUT2D eigenvalue weighted by molar-refractivity contribution is 0.0486. The zero-order valence-corrected chi connectivity index (χ0v) is 9.72. The summed E-state index contributed by atoms with van der Waals surface area (Å²) in [6, 6.07) is 0. The summed E-state index contributed by atoms with van der Waals surface area (Å²) in [6.07, 6.45) is 6.27. The van der Waals surface area contributed by atoms with Gasteiger partial charge in [-0.1, -0.05) is 20.3 Å². The molecule has 1 heterocycles. The smallest absolute Gasteiger partial charge is 0.0468 e. The van der Waals surface area contributed by atoms with E-state index in [4.69, 9.17) is 10.5 Å². The molecule has 1 aliphatic rings. The van der Waals surface area contributed by atoms with Crippen LogP contribution in [0.1, 0.15) is 46.0 Å². The van der Waals surface area contributed by atoms with Gasteiger partial charge in [0, 0.05) is 13.2 Å². The first-order chi connectivity index (χ1) is 6.70. The van der Waals surface area contributed by atoms with Crippen LogP contribution >= 0.6 is 0 Å². The second-order valence-corrected chi connectivity index (χ2v) is 5.02. The Labute approximate surface area is 88.2 Å². The maximum atomic E-state index is 5.88. The van der Waals surface area contributed by atoms with Gasteiger partial charge < -0.3 is 10.5 Å². The van der Waals surface area contributed by atoms with E-state index in [9.17, 15) is 0 Å². The lowest BCUT2D eigenvalue weighted by Crippen LogP contribution is -2.31. The summed E-state index contributed by atoms with van der Waals surface area (Å²) < 4.78 is 5.38. The normalized spacial score (nSPS) is 23.4. The summed E-state index contributed by atoms with van der Waals surface area (Å²) in [4.78, 5) is 0. The fourth-order valence-corrected chi connectivity index (χ4v) is 2.54. The van der Waals surface area contributed by atoms with Crippen LogP contribution in [0.15, 0.2) is 0 Å². The van der Waals surface area contributed by atoms with Gasteiger partial charge in [0.2, 0.25) is 0 Å². The molecule has 1 atom stereocenters. The molecule has 1 aliphatic heterocycles. The highest BCUT2D eigenvalue weighted by Crippen LogP contribution is 2.34. The molecule has 14 heavy (non-hydrogen) atoms. The molecule has 0 aromatic heterocycles. The number of nitrogens with two attached hydrogens (primary N) is 1. The maximum Gasteiger partial charge on any atom is 0.0468 e. The monoisotopic (exact) mass is 199 g/mol. The minimum absolute atomic E-state index is 0.372. The molecule has 0 aromatic rings. The summed E-state index contributed by atoms with van der Waals surface area (Å²) in [6.45, 7) is 7.33. The molecule has 0 spiro atoms. The first-order valence-electron chi connectivity index (χ1n) is 5.98. The summed E-state index contributed by atoms with van der Waals surface area (Å²) in [5.74, 6) is 0.851. The Morgan fingerprint density at radius 2 is 2.00 bits per heavy atom. The molecule has 1 fully saturated rings. The molecule has 2 nitrogen and oxygen atoms in total. The van der Waals surface area contributed by atoms with E-state index in [1.807, 2.05) is 0 Å². The van der Waals surface area contributed by atoms with Crippen LogP contribution in [0.4, 0.5) is 0 Å². The number of hydrogen-bond acceptors (Lipinski definition) is 2. The third-order valence-electron chi connectivity index (χ3n) is 3.47. The minimum Gasteiger partial charge on any atom is -0.381 e. The van der Waals surface area contributed by atoms with Crippen LogP contribution < -0.4 is 5.73 Å². The van der Waals surface area contributed by atoms with Crippen molar-refractivity contribution in [3.8, 4) is 0 Å². The molecule has 0 aromatic carbocycles. The van der Waals surface area contributed by atoms with Crippen LogP contribution in [0, 0.1) is 11.3 Å². The van der Waals surface area contributed by atoms with Crippen molar-refractivity contribution in [1.82, 2.24) is 0 Å². The molecule has 0 radical (unpaired) electrons. The molecule has 0 saturated carbocycles. The van der Waals surface area contributed by atoms with E-state index in [0.29, 0.717) is 5.41 Å². The molecular formula is C12H25NO. The predicted molar refractivity (Wildman–Crippen MR) is 60.2 cm³/mol. The molecule has 2 heteroatoms. The minimum atomic E-state index is 0.372. The molecule has 0 bridgehead atoms. The summed E-state index contributed by atoms with van der Waals surface area (Å²) in [7, 11) is 0. The van der Waals surface area contributed by atoms with E-state index in [2.05, 4.69) is 13.8 Å². The van der Waals surface area contributed by atoms with E-state index >= 15 is 0 Å². The van der Waals surface area contributed by atoms with Gasteiger partial charge in [0.1, 0.15) is 0 Å². The van der Waals surface area contributed by atoms with E-state index in [1.54, 1.807) is 0 Å². The van der Waals surface area contributed by atoms with Gasteiger partial charge in [0.05, 0.1) is 0 Å². The highest BCUT2D eigenvalue weighted by atomic mass is 16.5. The Morgan fingerprint density at radius 3 is 2.50 bits per heavy atom. The molecule has 2 N–H and O–H groups in total. The topological polar surface area (TPSA) is 35.2 Å². The lowest BCUT2D eigenvalue weighted by Gasteiger charge is -2.33. The van der Waals surface area contributed by atoms with Crippen molar-refractivity contribution in [2.75, 3.05) is 19.8 Å². The van der Waals surface area contributed by atoms with Crippen LogP contribution in [-0.4, -0.2) is 19.8 Å².